The average Bonchev–Trinajstić information content (AvgIpc) is 2.81. The van der Waals surface area contributed by atoms with Crippen molar-refractivity contribution in [3.63, 3.8) is 0 Å². The lowest BCUT2D eigenvalue weighted by atomic mass is 10.1. The van der Waals surface area contributed by atoms with Gasteiger partial charge in [-0.05, 0) is 51.4 Å². The number of nitrogens with two attached hydrogens (primary N) is 1. The number of fused-ring (bicyclic) bond motifs is 1. The Hall–Kier alpha value is -3.03. The molecular formula is C26H33N5O2. The molecule has 1 saturated heterocycles. The van der Waals surface area contributed by atoms with Crippen LogP contribution in [0.5, 0.6) is 0 Å². The number of nitrogens with zero attached hydrogens (tertiary/aromatic N) is 3. The van der Waals surface area contributed by atoms with Crippen LogP contribution >= 0.6 is 0 Å². The van der Waals surface area contributed by atoms with Gasteiger partial charge in [0.15, 0.2) is 0 Å². The molecule has 0 saturated carbocycles. The van der Waals surface area contributed by atoms with Crippen LogP contribution in [-0.4, -0.2) is 52.1 Å². The maximum Gasteiger partial charge on any atom is 0.277 e. The fraction of sp³-hybridized carbons (Fsp3) is 0.423. The number of morpholine rings is 1. The van der Waals surface area contributed by atoms with Gasteiger partial charge in [0.25, 0.3) is 5.56 Å². The summed E-state index contributed by atoms with van der Waals surface area (Å²) in [7, 11) is 0. The molecule has 3 N–H and O–H groups in total. The van der Waals surface area contributed by atoms with Crippen molar-refractivity contribution >= 4 is 16.9 Å². The fourth-order valence-electron chi connectivity index (χ4n) is 4.65. The van der Waals surface area contributed by atoms with Crippen molar-refractivity contribution in [2.75, 3.05) is 19.8 Å². The SMILES string of the molecule is CC1COCC(C)N1CCCCCn1c(=O)c(-c2cccc(C(=N)N)c2)nc2ccccc21. The van der Waals surface area contributed by atoms with Crippen molar-refractivity contribution in [2.45, 2.75) is 51.7 Å². The van der Waals surface area contributed by atoms with E-state index in [1.807, 2.05) is 34.9 Å². The molecule has 0 aliphatic carbocycles. The van der Waals surface area contributed by atoms with Gasteiger partial charge in [-0.2, -0.15) is 0 Å². The van der Waals surface area contributed by atoms with Gasteiger partial charge in [-0.1, -0.05) is 36.8 Å². The second-order valence-electron chi connectivity index (χ2n) is 8.93. The van der Waals surface area contributed by atoms with E-state index in [2.05, 4.69) is 23.7 Å². The molecule has 2 aromatic carbocycles. The Bertz CT molecular complexity index is 1180. The number of aryl methyl sites for hydroxylation is 1. The van der Waals surface area contributed by atoms with Gasteiger partial charge in [-0.3, -0.25) is 15.1 Å². The molecule has 1 fully saturated rings. The predicted molar refractivity (Wildman–Crippen MR) is 133 cm³/mol. The molecule has 1 aromatic heterocycles. The lowest BCUT2D eigenvalue weighted by molar-refractivity contribution is -0.0371. The predicted octanol–water partition coefficient (Wildman–Crippen LogP) is 3.63. The number of para-hydroxylation sites is 2. The number of rotatable bonds is 8. The third-order valence-corrected chi connectivity index (χ3v) is 6.45. The molecule has 0 radical (unpaired) electrons. The normalized spacial score (nSPS) is 19.1. The van der Waals surface area contributed by atoms with E-state index in [9.17, 15) is 4.79 Å². The van der Waals surface area contributed by atoms with Gasteiger partial charge in [-0.25, -0.2) is 4.98 Å². The van der Waals surface area contributed by atoms with E-state index in [1.54, 1.807) is 18.2 Å². The number of nitrogens with one attached hydrogen (secondary N) is 1. The van der Waals surface area contributed by atoms with Gasteiger partial charge in [0.2, 0.25) is 0 Å². The number of hydrogen-bond acceptors (Lipinski definition) is 5. The Labute approximate surface area is 194 Å². The first-order chi connectivity index (χ1) is 16.0. The molecule has 2 unspecified atom stereocenters. The minimum Gasteiger partial charge on any atom is -0.384 e. The number of benzene rings is 2. The standard InChI is InChI=1S/C26H33N5O2/c1-18-16-33-17-19(2)30(18)13-6-3-7-14-31-23-12-5-4-11-22(23)29-24(26(31)32)20-9-8-10-21(15-20)25(27)28/h4-5,8-12,15,18-19H,3,6-7,13-14,16-17H2,1-2H3,(H3,27,28). The van der Waals surface area contributed by atoms with Crippen molar-refractivity contribution < 1.29 is 4.74 Å². The van der Waals surface area contributed by atoms with Crippen LogP contribution in [0.4, 0.5) is 0 Å². The van der Waals surface area contributed by atoms with Crippen LogP contribution in [0.15, 0.2) is 53.3 Å². The van der Waals surface area contributed by atoms with Crippen LogP contribution in [0.1, 0.15) is 38.7 Å². The zero-order chi connectivity index (χ0) is 23.4. The van der Waals surface area contributed by atoms with E-state index >= 15 is 0 Å². The monoisotopic (exact) mass is 447 g/mol. The molecule has 2 heterocycles. The highest BCUT2D eigenvalue weighted by molar-refractivity contribution is 5.96. The maximum atomic E-state index is 13.5. The Morgan fingerprint density at radius 1 is 1.06 bits per heavy atom. The van der Waals surface area contributed by atoms with Gasteiger partial charge in [0.1, 0.15) is 11.5 Å². The summed E-state index contributed by atoms with van der Waals surface area (Å²) in [6.07, 6.45) is 3.07. The average molecular weight is 448 g/mol. The van der Waals surface area contributed by atoms with E-state index < -0.39 is 0 Å². The van der Waals surface area contributed by atoms with Crippen LogP contribution in [0.3, 0.4) is 0 Å². The molecular weight excluding hydrogens is 414 g/mol. The van der Waals surface area contributed by atoms with Crippen LogP contribution in [0, 0.1) is 5.41 Å². The molecule has 1 aliphatic heterocycles. The molecule has 174 valence electrons. The van der Waals surface area contributed by atoms with Crippen LogP contribution in [0.2, 0.25) is 0 Å². The second kappa shape index (κ2) is 10.3. The Morgan fingerprint density at radius 3 is 2.55 bits per heavy atom. The minimum absolute atomic E-state index is 0.0260. The van der Waals surface area contributed by atoms with Crippen molar-refractivity contribution in [3.05, 3.63) is 64.4 Å². The summed E-state index contributed by atoms with van der Waals surface area (Å²) in [5.41, 5.74) is 8.85. The molecule has 33 heavy (non-hydrogen) atoms. The zero-order valence-corrected chi connectivity index (χ0v) is 19.5. The summed E-state index contributed by atoms with van der Waals surface area (Å²) in [6, 6.07) is 15.9. The third-order valence-electron chi connectivity index (χ3n) is 6.45. The highest BCUT2D eigenvalue weighted by atomic mass is 16.5. The van der Waals surface area contributed by atoms with Crippen molar-refractivity contribution in [1.29, 1.82) is 5.41 Å². The highest BCUT2D eigenvalue weighted by Gasteiger charge is 2.24. The molecule has 0 amide bonds. The number of ether oxygens (including phenoxy) is 1. The van der Waals surface area contributed by atoms with Crippen molar-refractivity contribution in [2.24, 2.45) is 5.73 Å². The van der Waals surface area contributed by atoms with Gasteiger partial charge in [-0.15, -0.1) is 0 Å². The van der Waals surface area contributed by atoms with Gasteiger partial charge in [0, 0.05) is 29.8 Å². The summed E-state index contributed by atoms with van der Waals surface area (Å²) < 4.78 is 7.47. The minimum atomic E-state index is -0.107. The molecule has 3 aromatic rings. The summed E-state index contributed by atoms with van der Waals surface area (Å²) in [4.78, 5) is 20.6. The number of unbranched alkanes of at least 4 members (excludes halogenated alkanes) is 2. The topological polar surface area (TPSA) is 97.2 Å². The molecule has 0 spiro atoms. The molecule has 0 bridgehead atoms. The summed E-state index contributed by atoms with van der Waals surface area (Å²) in [5, 5.41) is 7.71. The van der Waals surface area contributed by atoms with Crippen LogP contribution in [-0.2, 0) is 11.3 Å². The lowest BCUT2D eigenvalue weighted by Gasteiger charge is -2.38. The first-order valence-electron chi connectivity index (χ1n) is 11.7. The number of aromatic nitrogens is 2. The first-order valence-corrected chi connectivity index (χ1v) is 11.7. The molecule has 7 heteroatoms. The van der Waals surface area contributed by atoms with Crippen LogP contribution < -0.4 is 11.3 Å². The summed E-state index contributed by atoms with van der Waals surface area (Å²) in [5.74, 6) is -0.0260. The van der Waals surface area contributed by atoms with Crippen molar-refractivity contribution in [1.82, 2.24) is 14.5 Å². The quantitative estimate of drug-likeness (QED) is 0.312. The zero-order valence-electron chi connectivity index (χ0n) is 19.5. The fourth-order valence-corrected chi connectivity index (χ4v) is 4.65. The van der Waals surface area contributed by atoms with Gasteiger partial charge >= 0.3 is 0 Å². The van der Waals surface area contributed by atoms with Crippen molar-refractivity contribution in [3.8, 4) is 11.3 Å². The van der Waals surface area contributed by atoms with Gasteiger partial charge < -0.3 is 15.0 Å². The first kappa shape index (κ1) is 23.1. The molecule has 2 atom stereocenters. The summed E-state index contributed by atoms with van der Waals surface area (Å²) >= 11 is 0. The van der Waals surface area contributed by atoms with E-state index in [1.165, 1.54) is 0 Å². The highest BCUT2D eigenvalue weighted by Crippen LogP contribution is 2.20. The second-order valence-corrected chi connectivity index (χ2v) is 8.93. The lowest BCUT2D eigenvalue weighted by Crippen LogP contribution is -2.49. The largest absolute Gasteiger partial charge is 0.384 e. The number of nitrogen functional groups attached to an aromatic ring is 1. The molecule has 1 aliphatic rings. The van der Waals surface area contributed by atoms with Crippen LogP contribution in [0.25, 0.3) is 22.3 Å². The Kier molecular flexibility index (Phi) is 7.20. The number of amidine groups is 1. The van der Waals surface area contributed by atoms with E-state index in [4.69, 9.17) is 15.9 Å². The number of hydrogen-bond donors (Lipinski definition) is 2. The summed E-state index contributed by atoms with van der Waals surface area (Å²) in [6.45, 7) is 7.75. The third kappa shape index (κ3) is 5.15. The Morgan fingerprint density at radius 2 is 1.79 bits per heavy atom. The van der Waals surface area contributed by atoms with E-state index in [0.29, 0.717) is 35.4 Å². The molecule has 7 nitrogen and oxygen atoms in total. The smallest absolute Gasteiger partial charge is 0.277 e. The van der Waals surface area contributed by atoms with Gasteiger partial charge in [0.05, 0.1) is 24.2 Å². The van der Waals surface area contributed by atoms with E-state index in [-0.39, 0.29) is 11.4 Å². The maximum absolute atomic E-state index is 13.5. The van der Waals surface area contributed by atoms with E-state index in [0.717, 1.165) is 50.1 Å². The Balaban J connectivity index is 1.52. The molecule has 4 rings (SSSR count).